The summed E-state index contributed by atoms with van der Waals surface area (Å²) >= 11 is 13.3. The van der Waals surface area contributed by atoms with Crippen molar-refractivity contribution < 1.29 is 9.32 Å². The van der Waals surface area contributed by atoms with Crippen molar-refractivity contribution in [2.75, 3.05) is 5.32 Å². The van der Waals surface area contributed by atoms with Crippen LogP contribution in [0.5, 0.6) is 0 Å². The van der Waals surface area contributed by atoms with Gasteiger partial charge in [0, 0.05) is 16.5 Å². The number of nitrogens with one attached hydrogen (secondary N) is 1. The maximum absolute atomic E-state index is 12.5. The number of rotatable bonds is 4. The number of nitriles is 1. The zero-order valence-electron chi connectivity index (χ0n) is 13.9. The van der Waals surface area contributed by atoms with Gasteiger partial charge in [-0.3, -0.25) is 4.79 Å². The molecule has 1 amide bonds. The Bertz CT molecular complexity index is 1030. The number of nitrogens with zero attached hydrogens (tertiary/aromatic N) is 2. The van der Waals surface area contributed by atoms with Crippen molar-refractivity contribution in [2.24, 2.45) is 0 Å². The van der Waals surface area contributed by atoms with Crippen LogP contribution in [0.3, 0.4) is 0 Å². The molecule has 132 valence electrons. The quantitative estimate of drug-likeness (QED) is 0.602. The summed E-state index contributed by atoms with van der Waals surface area (Å²) in [5, 5.41) is 17.3. The molecule has 0 atom stereocenters. The largest absolute Gasteiger partial charge is 0.355 e. The molecule has 26 heavy (non-hydrogen) atoms. The summed E-state index contributed by atoms with van der Waals surface area (Å²) in [4.78, 5) is 13.5. The molecule has 8 heteroatoms. The highest BCUT2D eigenvalue weighted by Crippen LogP contribution is 2.33. The number of carbonyl (C=O) groups excluding carboxylic acids is 1. The van der Waals surface area contributed by atoms with Gasteiger partial charge in [0.25, 0.3) is 5.91 Å². The van der Waals surface area contributed by atoms with E-state index in [0.29, 0.717) is 31.9 Å². The predicted molar refractivity (Wildman–Crippen MR) is 103 cm³/mol. The van der Waals surface area contributed by atoms with E-state index >= 15 is 0 Å². The first-order chi connectivity index (χ1) is 12.4. The van der Waals surface area contributed by atoms with Crippen LogP contribution in [0.25, 0.3) is 11.3 Å². The molecule has 3 aromatic rings. The van der Waals surface area contributed by atoms with E-state index in [4.69, 9.17) is 27.7 Å². The Kier molecular flexibility index (Phi) is 5.33. The van der Waals surface area contributed by atoms with Gasteiger partial charge in [0.1, 0.15) is 11.1 Å². The topological polar surface area (TPSA) is 78.9 Å². The zero-order valence-corrected chi connectivity index (χ0v) is 16.2. The van der Waals surface area contributed by atoms with Gasteiger partial charge in [0.05, 0.1) is 15.6 Å². The lowest BCUT2D eigenvalue weighted by atomic mass is 10.1. The number of amides is 1. The fourth-order valence-corrected chi connectivity index (χ4v) is 3.93. The number of hydrogen-bond acceptors (Lipinski definition) is 5. The lowest BCUT2D eigenvalue weighted by Crippen LogP contribution is -2.12. The van der Waals surface area contributed by atoms with E-state index in [1.165, 1.54) is 17.4 Å². The number of aromatic nitrogens is 1. The lowest BCUT2D eigenvalue weighted by molar-refractivity contribution is 0.101. The molecule has 0 bridgehead atoms. The minimum absolute atomic E-state index is 0.110. The maximum Gasteiger partial charge on any atom is 0.278 e. The van der Waals surface area contributed by atoms with Crippen LogP contribution in [0.1, 0.15) is 33.4 Å². The highest BCUT2D eigenvalue weighted by atomic mass is 35.5. The van der Waals surface area contributed by atoms with Gasteiger partial charge < -0.3 is 9.84 Å². The molecule has 2 aromatic heterocycles. The van der Waals surface area contributed by atoms with E-state index in [9.17, 15) is 10.1 Å². The smallest absolute Gasteiger partial charge is 0.278 e. The summed E-state index contributed by atoms with van der Waals surface area (Å²) in [6.07, 6.45) is 0.729. The second-order valence-electron chi connectivity index (χ2n) is 5.47. The Labute approximate surface area is 164 Å². The number of anilines is 1. The predicted octanol–water partition coefficient (Wildman–Crippen LogP) is 5.70. The van der Waals surface area contributed by atoms with Crippen molar-refractivity contribution in [3.8, 4) is 17.4 Å². The Balaban J connectivity index is 1.85. The summed E-state index contributed by atoms with van der Waals surface area (Å²) in [6.45, 7) is 3.90. The van der Waals surface area contributed by atoms with Crippen LogP contribution in [-0.4, -0.2) is 11.1 Å². The summed E-state index contributed by atoms with van der Waals surface area (Å²) in [5.74, 6) is -0.0497. The van der Waals surface area contributed by atoms with Crippen molar-refractivity contribution in [3.05, 3.63) is 56.0 Å². The van der Waals surface area contributed by atoms with Gasteiger partial charge in [-0.05, 0) is 37.1 Å². The van der Waals surface area contributed by atoms with E-state index in [1.807, 2.05) is 13.8 Å². The van der Waals surface area contributed by atoms with Crippen LogP contribution >= 0.6 is 34.5 Å². The van der Waals surface area contributed by atoms with E-state index < -0.39 is 5.91 Å². The molecule has 0 saturated carbocycles. The minimum atomic E-state index is -0.444. The Hall–Kier alpha value is -2.33. The van der Waals surface area contributed by atoms with Crippen molar-refractivity contribution in [2.45, 2.75) is 20.3 Å². The average Bonchev–Trinajstić information content (AvgIpc) is 3.21. The van der Waals surface area contributed by atoms with Crippen LogP contribution in [0.15, 0.2) is 28.8 Å². The number of carbonyl (C=O) groups is 1. The molecule has 3 rings (SSSR count). The standard InChI is InChI=1S/C18H13Cl2N3O2S/c1-3-11-9(2)26-18(12(11)8-21)22-17(24)15-7-16(25-23-15)10-4-5-13(19)14(20)6-10/h4-7H,3H2,1-2H3,(H,22,24). The average molecular weight is 406 g/mol. The number of benzene rings is 1. The Morgan fingerprint density at radius 2 is 2.12 bits per heavy atom. The first kappa shape index (κ1) is 18.5. The van der Waals surface area contributed by atoms with E-state index in [0.717, 1.165) is 16.9 Å². The van der Waals surface area contributed by atoms with Gasteiger partial charge in [0.15, 0.2) is 11.5 Å². The first-order valence-electron chi connectivity index (χ1n) is 7.70. The van der Waals surface area contributed by atoms with Gasteiger partial charge in [0.2, 0.25) is 0 Å². The van der Waals surface area contributed by atoms with Crippen molar-refractivity contribution in [1.29, 1.82) is 5.26 Å². The van der Waals surface area contributed by atoms with Gasteiger partial charge in [-0.15, -0.1) is 11.3 Å². The molecule has 5 nitrogen and oxygen atoms in total. The third kappa shape index (κ3) is 3.47. The molecule has 0 unspecified atom stereocenters. The summed E-state index contributed by atoms with van der Waals surface area (Å²) in [6, 6.07) is 8.67. The van der Waals surface area contributed by atoms with Crippen molar-refractivity contribution >= 4 is 45.4 Å². The summed E-state index contributed by atoms with van der Waals surface area (Å²) in [5.41, 5.74) is 2.21. The van der Waals surface area contributed by atoms with Gasteiger partial charge in [-0.2, -0.15) is 5.26 Å². The van der Waals surface area contributed by atoms with Gasteiger partial charge in [-0.25, -0.2) is 0 Å². The van der Waals surface area contributed by atoms with Crippen LogP contribution in [-0.2, 0) is 6.42 Å². The summed E-state index contributed by atoms with van der Waals surface area (Å²) in [7, 11) is 0. The van der Waals surface area contributed by atoms with Gasteiger partial charge in [-0.1, -0.05) is 35.3 Å². The van der Waals surface area contributed by atoms with E-state index in [-0.39, 0.29) is 5.69 Å². The van der Waals surface area contributed by atoms with Crippen LogP contribution in [0.2, 0.25) is 10.0 Å². The highest BCUT2D eigenvalue weighted by molar-refractivity contribution is 7.16. The number of aryl methyl sites for hydroxylation is 1. The molecule has 0 saturated heterocycles. The molecule has 2 heterocycles. The third-order valence-corrected chi connectivity index (χ3v) is 5.65. The molecule has 0 aliphatic carbocycles. The highest BCUT2D eigenvalue weighted by Gasteiger charge is 2.19. The minimum Gasteiger partial charge on any atom is -0.355 e. The lowest BCUT2D eigenvalue weighted by Gasteiger charge is -2.00. The van der Waals surface area contributed by atoms with Crippen LogP contribution in [0.4, 0.5) is 5.00 Å². The fraction of sp³-hybridized carbons (Fsp3) is 0.167. The van der Waals surface area contributed by atoms with Crippen molar-refractivity contribution in [3.63, 3.8) is 0 Å². The Morgan fingerprint density at radius 3 is 2.77 bits per heavy atom. The molecule has 0 aliphatic rings. The molecular weight excluding hydrogens is 393 g/mol. The molecule has 0 spiro atoms. The summed E-state index contributed by atoms with van der Waals surface area (Å²) < 4.78 is 5.24. The number of hydrogen-bond donors (Lipinski definition) is 1. The SMILES string of the molecule is CCc1c(C)sc(NC(=O)c2cc(-c3ccc(Cl)c(Cl)c3)on2)c1C#N. The van der Waals surface area contributed by atoms with E-state index in [1.54, 1.807) is 18.2 Å². The third-order valence-electron chi connectivity index (χ3n) is 3.85. The second-order valence-corrected chi connectivity index (χ2v) is 7.50. The zero-order chi connectivity index (χ0) is 18.8. The fourth-order valence-electron chi connectivity index (χ4n) is 2.55. The number of halogens is 2. The first-order valence-corrected chi connectivity index (χ1v) is 9.27. The molecular formula is C18H13Cl2N3O2S. The maximum atomic E-state index is 12.5. The van der Waals surface area contributed by atoms with Crippen LogP contribution < -0.4 is 5.32 Å². The van der Waals surface area contributed by atoms with Crippen molar-refractivity contribution in [1.82, 2.24) is 5.16 Å². The molecule has 1 aromatic carbocycles. The molecule has 0 fully saturated rings. The molecule has 0 aliphatic heterocycles. The number of thiophene rings is 1. The molecule has 1 N–H and O–H groups in total. The van der Waals surface area contributed by atoms with Gasteiger partial charge >= 0.3 is 0 Å². The van der Waals surface area contributed by atoms with Crippen LogP contribution in [0, 0.1) is 18.3 Å². The molecule has 0 radical (unpaired) electrons. The van der Waals surface area contributed by atoms with E-state index in [2.05, 4.69) is 16.5 Å². The normalized spacial score (nSPS) is 10.6. The Morgan fingerprint density at radius 1 is 1.35 bits per heavy atom. The second kappa shape index (κ2) is 7.50. The monoisotopic (exact) mass is 405 g/mol.